The van der Waals surface area contributed by atoms with Crippen LogP contribution in [0.4, 0.5) is 0 Å². The molecule has 1 aliphatic carbocycles. The van der Waals surface area contributed by atoms with Crippen LogP contribution in [0.2, 0.25) is 0 Å². The number of nitrogens with zero attached hydrogens (tertiary/aromatic N) is 5. The van der Waals surface area contributed by atoms with Gasteiger partial charge in [0.2, 0.25) is 5.89 Å². The minimum Gasteiger partial charge on any atom is -0.419 e. The molecule has 0 radical (unpaired) electrons. The first-order valence-electron chi connectivity index (χ1n) is 10.3. The van der Waals surface area contributed by atoms with Crippen molar-refractivity contribution in [1.82, 2.24) is 25.0 Å². The van der Waals surface area contributed by atoms with Gasteiger partial charge in [0, 0.05) is 17.3 Å². The van der Waals surface area contributed by atoms with Crippen LogP contribution < -0.4 is 0 Å². The summed E-state index contributed by atoms with van der Waals surface area (Å²) >= 11 is 5.04. The summed E-state index contributed by atoms with van der Waals surface area (Å²) in [6.07, 6.45) is 7.09. The molecule has 1 aliphatic rings. The zero-order chi connectivity index (χ0) is 20.3. The van der Waals surface area contributed by atoms with E-state index in [1.165, 1.54) is 37.0 Å². The SMILES string of the molecule is C[C@H](Sc1nnc(Cc2cccs2)n1C1CCCCC1)c1nnc(-c2cccs2)o1. The highest BCUT2D eigenvalue weighted by atomic mass is 32.2. The summed E-state index contributed by atoms with van der Waals surface area (Å²) in [5.74, 6) is 2.27. The Balaban J connectivity index is 1.39. The molecule has 0 saturated heterocycles. The van der Waals surface area contributed by atoms with Gasteiger partial charge in [-0.05, 0) is 42.7 Å². The quantitative estimate of drug-likeness (QED) is 0.299. The van der Waals surface area contributed by atoms with Gasteiger partial charge in [0.15, 0.2) is 5.16 Å². The third-order valence-corrected chi connectivity index (χ3v) is 8.17. The van der Waals surface area contributed by atoms with E-state index >= 15 is 0 Å². The molecule has 156 valence electrons. The smallest absolute Gasteiger partial charge is 0.257 e. The molecule has 1 atom stereocenters. The molecule has 0 N–H and O–H groups in total. The third-order valence-electron chi connectivity index (χ3n) is 5.39. The van der Waals surface area contributed by atoms with E-state index in [-0.39, 0.29) is 5.25 Å². The Labute approximate surface area is 187 Å². The fourth-order valence-electron chi connectivity index (χ4n) is 3.89. The first-order valence-corrected chi connectivity index (χ1v) is 12.9. The van der Waals surface area contributed by atoms with Gasteiger partial charge in [0.05, 0.1) is 10.1 Å². The summed E-state index contributed by atoms with van der Waals surface area (Å²) in [4.78, 5) is 2.32. The van der Waals surface area contributed by atoms with Crippen molar-refractivity contribution >= 4 is 34.4 Å². The zero-order valence-electron chi connectivity index (χ0n) is 16.7. The van der Waals surface area contributed by atoms with E-state index in [1.54, 1.807) is 34.4 Å². The van der Waals surface area contributed by atoms with E-state index in [9.17, 15) is 0 Å². The van der Waals surface area contributed by atoms with Gasteiger partial charge in [0.1, 0.15) is 5.82 Å². The Morgan fingerprint density at radius 3 is 2.67 bits per heavy atom. The molecule has 0 aliphatic heterocycles. The number of rotatable bonds is 7. The Bertz CT molecular complexity index is 1060. The van der Waals surface area contributed by atoms with Crippen LogP contribution in [0.5, 0.6) is 0 Å². The number of hydrogen-bond donors (Lipinski definition) is 0. The summed E-state index contributed by atoms with van der Waals surface area (Å²) in [6.45, 7) is 2.09. The van der Waals surface area contributed by atoms with Gasteiger partial charge in [-0.1, -0.05) is 43.2 Å². The maximum atomic E-state index is 5.95. The molecule has 30 heavy (non-hydrogen) atoms. The van der Waals surface area contributed by atoms with Crippen LogP contribution in [0.15, 0.2) is 44.6 Å². The Kier molecular flexibility index (Phi) is 6.01. The van der Waals surface area contributed by atoms with Crippen LogP contribution in [-0.4, -0.2) is 25.0 Å². The lowest BCUT2D eigenvalue weighted by Crippen LogP contribution is -2.17. The molecule has 0 amide bonds. The predicted octanol–water partition coefficient (Wildman–Crippen LogP) is 6.40. The van der Waals surface area contributed by atoms with Gasteiger partial charge < -0.3 is 8.98 Å². The summed E-state index contributed by atoms with van der Waals surface area (Å²) in [6, 6.07) is 8.73. The molecular weight excluding hydrogens is 434 g/mol. The van der Waals surface area contributed by atoms with Crippen molar-refractivity contribution in [3.05, 3.63) is 51.6 Å². The van der Waals surface area contributed by atoms with Gasteiger partial charge in [-0.3, -0.25) is 0 Å². The molecule has 0 unspecified atom stereocenters. The van der Waals surface area contributed by atoms with Crippen LogP contribution in [0, 0.1) is 0 Å². The number of thiophene rings is 2. The molecule has 0 aromatic carbocycles. The van der Waals surface area contributed by atoms with Crippen molar-refractivity contribution in [3.8, 4) is 10.8 Å². The van der Waals surface area contributed by atoms with Crippen molar-refractivity contribution in [2.75, 3.05) is 0 Å². The first-order chi connectivity index (χ1) is 14.8. The van der Waals surface area contributed by atoms with E-state index in [2.05, 4.69) is 49.4 Å². The average Bonchev–Trinajstić information content (AvgIpc) is 3.56. The minimum atomic E-state index is 0.00680. The minimum absolute atomic E-state index is 0.00680. The van der Waals surface area contributed by atoms with E-state index in [4.69, 9.17) is 4.42 Å². The number of thioether (sulfide) groups is 1. The summed E-state index contributed by atoms with van der Waals surface area (Å²) < 4.78 is 8.34. The van der Waals surface area contributed by atoms with E-state index in [0.717, 1.165) is 22.3 Å². The molecule has 1 saturated carbocycles. The van der Waals surface area contributed by atoms with Crippen molar-refractivity contribution < 1.29 is 4.42 Å². The van der Waals surface area contributed by atoms with Crippen LogP contribution in [0.3, 0.4) is 0 Å². The second kappa shape index (κ2) is 9.03. The standard InChI is InChI=1S/C21H23N5OS3/c1-14(19-23-24-20(27-19)17-10-6-12-29-17)30-21-25-22-18(13-16-9-5-11-28-16)26(21)15-7-3-2-4-8-15/h5-6,9-12,14-15H,2-4,7-8,13H2,1H3/t14-/m0/s1. The summed E-state index contributed by atoms with van der Waals surface area (Å²) in [5, 5.41) is 22.8. The molecule has 5 rings (SSSR count). The second-order valence-corrected chi connectivity index (χ2v) is 10.8. The second-order valence-electron chi connectivity index (χ2n) is 7.50. The lowest BCUT2D eigenvalue weighted by Gasteiger charge is -2.26. The monoisotopic (exact) mass is 457 g/mol. The topological polar surface area (TPSA) is 69.6 Å². The van der Waals surface area contributed by atoms with Crippen LogP contribution in [-0.2, 0) is 6.42 Å². The van der Waals surface area contributed by atoms with Crippen molar-refractivity contribution in [2.45, 2.75) is 61.9 Å². The third kappa shape index (κ3) is 4.24. The van der Waals surface area contributed by atoms with Gasteiger partial charge >= 0.3 is 0 Å². The molecule has 6 nitrogen and oxygen atoms in total. The van der Waals surface area contributed by atoms with Gasteiger partial charge in [-0.25, -0.2) is 0 Å². The summed E-state index contributed by atoms with van der Waals surface area (Å²) in [7, 11) is 0. The first kappa shape index (κ1) is 20.0. The molecule has 0 bridgehead atoms. The van der Waals surface area contributed by atoms with E-state index in [0.29, 0.717) is 17.8 Å². The molecule has 4 heterocycles. The Morgan fingerprint density at radius 2 is 1.90 bits per heavy atom. The van der Waals surface area contributed by atoms with E-state index < -0.39 is 0 Å². The summed E-state index contributed by atoms with van der Waals surface area (Å²) in [5.41, 5.74) is 0. The number of aromatic nitrogens is 5. The largest absolute Gasteiger partial charge is 0.419 e. The van der Waals surface area contributed by atoms with Crippen LogP contribution in [0.1, 0.15) is 66.9 Å². The maximum Gasteiger partial charge on any atom is 0.257 e. The molecule has 4 aromatic rings. The fourth-order valence-corrected chi connectivity index (χ4v) is 6.20. The number of hydrogen-bond acceptors (Lipinski definition) is 8. The Morgan fingerprint density at radius 1 is 1.07 bits per heavy atom. The molecular formula is C21H23N5OS3. The highest BCUT2D eigenvalue weighted by Crippen LogP contribution is 2.39. The average molecular weight is 458 g/mol. The van der Waals surface area contributed by atoms with Crippen molar-refractivity contribution in [2.24, 2.45) is 0 Å². The Hall–Kier alpha value is -1.97. The molecule has 4 aromatic heterocycles. The normalized spacial score (nSPS) is 16.2. The predicted molar refractivity (Wildman–Crippen MR) is 121 cm³/mol. The fraction of sp³-hybridized carbons (Fsp3) is 0.429. The van der Waals surface area contributed by atoms with Gasteiger partial charge in [-0.2, -0.15) is 0 Å². The van der Waals surface area contributed by atoms with Crippen molar-refractivity contribution in [3.63, 3.8) is 0 Å². The molecule has 9 heteroatoms. The van der Waals surface area contributed by atoms with E-state index in [1.807, 2.05) is 17.5 Å². The highest BCUT2D eigenvalue weighted by molar-refractivity contribution is 7.99. The van der Waals surface area contributed by atoms with Gasteiger partial charge in [0.25, 0.3) is 5.89 Å². The van der Waals surface area contributed by atoms with Crippen molar-refractivity contribution in [1.29, 1.82) is 0 Å². The zero-order valence-corrected chi connectivity index (χ0v) is 19.2. The van der Waals surface area contributed by atoms with Gasteiger partial charge in [-0.15, -0.1) is 43.1 Å². The lowest BCUT2D eigenvalue weighted by atomic mass is 9.95. The highest BCUT2D eigenvalue weighted by Gasteiger charge is 2.26. The molecule has 0 spiro atoms. The maximum absolute atomic E-state index is 5.95. The molecule has 1 fully saturated rings. The van der Waals surface area contributed by atoms with Crippen LogP contribution >= 0.6 is 34.4 Å². The lowest BCUT2D eigenvalue weighted by molar-refractivity contribution is 0.330. The van der Waals surface area contributed by atoms with Crippen LogP contribution in [0.25, 0.3) is 10.8 Å².